The Kier molecular flexibility index (Phi) is 6.49. The number of carbonyl (C=O) groups excluding carboxylic acids is 4. The van der Waals surface area contributed by atoms with Crippen molar-refractivity contribution in [1.82, 2.24) is 15.3 Å². The van der Waals surface area contributed by atoms with Gasteiger partial charge < -0.3 is 26.7 Å². The minimum atomic E-state index is -1.50. The molecule has 1 aliphatic rings. The van der Waals surface area contributed by atoms with Gasteiger partial charge in [0.1, 0.15) is 18.4 Å². The fraction of sp³-hybridized carbons (Fsp3) is 0.294. The molecule has 1 aromatic carbocycles. The molecule has 1 aromatic rings. The van der Waals surface area contributed by atoms with Gasteiger partial charge in [-0.15, -0.1) is 0 Å². The smallest absolute Gasteiger partial charge is 0.344 e. The summed E-state index contributed by atoms with van der Waals surface area (Å²) in [6.45, 7) is 1.02. The van der Waals surface area contributed by atoms with Crippen LogP contribution in [0.2, 0.25) is 0 Å². The zero-order chi connectivity index (χ0) is 21.7. The number of nitrogens with one attached hydrogen (secondary N) is 1. The number of nitrogens with zero attached hydrogens (tertiary/aromatic N) is 3. The molecule has 0 aliphatic carbocycles. The first-order chi connectivity index (χ1) is 13.6. The average Bonchev–Trinajstić information content (AvgIpc) is 2.89. The van der Waals surface area contributed by atoms with E-state index in [0.717, 1.165) is 6.92 Å². The molecule has 0 unspecified atom stereocenters. The SMILES string of the molecule is CC(=O)N([C@H](C=O)CC(=O)O)N1C(=O)N[C@@H](Cc2ccc(N=C(N)N)cc2)C1=O. The second-order valence-corrected chi connectivity index (χ2v) is 6.22. The maximum absolute atomic E-state index is 12.7. The van der Waals surface area contributed by atoms with Crippen LogP contribution in [0.1, 0.15) is 18.9 Å². The van der Waals surface area contributed by atoms with Crippen molar-refractivity contribution < 1.29 is 29.1 Å². The normalized spacial score (nSPS) is 16.7. The van der Waals surface area contributed by atoms with Gasteiger partial charge >= 0.3 is 12.0 Å². The van der Waals surface area contributed by atoms with Crippen molar-refractivity contribution >= 4 is 41.7 Å². The number of carbonyl (C=O) groups is 5. The predicted molar refractivity (Wildman–Crippen MR) is 99.4 cm³/mol. The molecule has 4 amide bonds. The Bertz CT molecular complexity index is 864. The number of guanidine groups is 1. The molecule has 0 radical (unpaired) electrons. The molecular formula is C17H20N6O6. The molecule has 12 nitrogen and oxygen atoms in total. The molecule has 0 spiro atoms. The fourth-order valence-corrected chi connectivity index (χ4v) is 2.85. The number of amides is 4. The number of carboxylic acids is 1. The number of rotatable bonds is 8. The van der Waals surface area contributed by atoms with Crippen LogP contribution in [0.25, 0.3) is 0 Å². The van der Waals surface area contributed by atoms with Gasteiger partial charge in [-0.1, -0.05) is 12.1 Å². The van der Waals surface area contributed by atoms with Gasteiger partial charge in [0.15, 0.2) is 5.96 Å². The highest BCUT2D eigenvalue weighted by atomic mass is 16.4. The van der Waals surface area contributed by atoms with Gasteiger partial charge in [0, 0.05) is 13.3 Å². The quantitative estimate of drug-likeness (QED) is 0.181. The van der Waals surface area contributed by atoms with E-state index in [2.05, 4.69) is 10.3 Å². The maximum Gasteiger partial charge on any atom is 0.344 e. The van der Waals surface area contributed by atoms with Gasteiger partial charge in [-0.25, -0.2) is 14.8 Å². The number of hydrazine groups is 1. The number of imide groups is 1. The van der Waals surface area contributed by atoms with E-state index < -0.39 is 42.3 Å². The molecule has 1 saturated heterocycles. The number of hydrogen-bond acceptors (Lipinski definition) is 6. The third-order valence-electron chi connectivity index (χ3n) is 4.02. The number of hydrogen-bond donors (Lipinski definition) is 4. The standard InChI is InChI=1S/C17H20N6O6/c1-9(25)22(12(8-24)7-14(26)27)23-15(28)13(21-17(23)29)6-10-2-4-11(5-3-10)20-16(18)19/h2-5,8,12-13H,6-7H2,1H3,(H,21,29)(H,26,27)(H4,18,19,20)/t12-,13-/m0/s1. The van der Waals surface area contributed by atoms with Crippen LogP contribution in [0.4, 0.5) is 10.5 Å². The molecule has 154 valence electrons. The topological polar surface area (TPSA) is 188 Å². The molecule has 1 fully saturated rings. The molecule has 2 rings (SSSR count). The molecule has 0 bridgehead atoms. The summed E-state index contributed by atoms with van der Waals surface area (Å²) in [6.07, 6.45) is -0.456. The minimum Gasteiger partial charge on any atom is -0.481 e. The summed E-state index contributed by atoms with van der Waals surface area (Å²) in [5.74, 6) is -3.08. The lowest BCUT2D eigenvalue weighted by Crippen LogP contribution is -2.55. The first-order valence-corrected chi connectivity index (χ1v) is 8.44. The van der Waals surface area contributed by atoms with E-state index >= 15 is 0 Å². The maximum atomic E-state index is 12.7. The Labute approximate surface area is 165 Å². The first kappa shape index (κ1) is 21.3. The van der Waals surface area contributed by atoms with Crippen LogP contribution in [-0.4, -0.2) is 63.3 Å². The lowest BCUT2D eigenvalue weighted by atomic mass is 10.1. The molecule has 0 aromatic heterocycles. The molecule has 29 heavy (non-hydrogen) atoms. The molecule has 1 aliphatic heterocycles. The number of aldehydes is 1. The van der Waals surface area contributed by atoms with Crippen molar-refractivity contribution in [3.05, 3.63) is 29.8 Å². The van der Waals surface area contributed by atoms with Gasteiger partial charge in [-0.2, -0.15) is 5.01 Å². The summed E-state index contributed by atoms with van der Waals surface area (Å²) in [4.78, 5) is 63.1. The number of aliphatic imine (C=N–C) groups is 1. The molecule has 1 heterocycles. The zero-order valence-electron chi connectivity index (χ0n) is 15.4. The van der Waals surface area contributed by atoms with Crippen molar-refractivity contribution in [2.24, 2.45) is 16.5 Å². The van der Waals surface area contributed by atoms with E-state index in [9.17, 15) is 24.0 Å². The van der Waals surface area contributed by atoms with Crippen LogP contribution in [0.3, 0.4) is 0 Å². The van der Waals surface area contributed by atoms with Crippen molar-refractivity contribution in [2.75, 3.05) is 0 Å². The highest BCUT2D eigenvalue weighted by Gasteiger charge is 2.45. The molecule has 2 atom stereocenters. The zero-order valence-corrected chi connectivity index (χ0v) is 15.4. The summed E-state index contributed by atoms with van der Waals surface area (Å²) in [6, 6.07) is 3.12. The first-order valence-electron chi connectivity index (χ1n) is 8.44. The van der Waals surface area contributed by atoms with E-state index in [4.69, 9.17) is 16.6 Å². The van der Waals surface area contributed by atoms with E-state index in [0.29, 0.717) is 21.3 Å². The number of carboxylic acid groups (broad SMARTS) is 1. The Hall–Kier alpha value is -3.96. The fourth-order valence-electron chi connectivity index (χ4n) is 2.85. The second kappa shape index (κ2) is 8.82. The van der Waals surface area contributed by atoms with Crippen LogP contribution in [0, 0.1) is 0 Å². The van der Waals surface area contributed by atoms with Crippen molar-refractivity contribution in [1.29, 1.82) is 0 Å². The van der Waals surface area contributed by atoms with Crippen molar-refractivity contribution in [3.63, 3.8) is 0 Å². The summed E-state index contributed by atoms with van der Waals surface area (Å²) in [5.41, 5.74) is 11.8. The lowest BCUT2D eigenvalue weighted by molar-refractivity contribution is -0.161. The van der Waals surface area contributed by atoms with Crippen molar-refractivity contribution in [3.8, 4) is 0 Å². The van der Waals surface area contributed by atoms with Gasteiger partial charge in [-0.05, 0) is 17.7 Å². The van der Waals surface area contributed by atoms with Crippen LogP contribution in [0.15, 0.2) is 29.3 Å². The van der Waals surface area contributed by atoms with Crippen LogP contribution in [0.5, 0.6) is 0 Å². The van der Waals surface area contributed by atoms with Crippen LogP contribution in [-0.2, 0) is 25.6 Å². The van der Waals surface area contributed by atoms with E-state index in [1.54, 1.807) is 24.3 Å². The number of urea groups is 1. The van der Waals surface area contributed by atoms with Gasteiger partial charge in [0.05, 0.1) is 12.1 Å². The molecule has 0 saturated carbocycles. The predicted octanol–water partition coefficient (Wildman–Crippen LogP) is -1.14. The third-order valence-corrected chi connectivity index (χ3v) is 4.02. The summed E-state index contributed by atoms with van der Waals surface area (Å²) < 4.78 is 0. The molecule has 6 N–H and O–H groups in total. The Morgan fingerprint density at radius 1 is 1.31 bits per heavy atom. The van der Waals surface area contributed by atoms with E-state index in [1.165, 1.54) is 0 Å². The summed E-state index contributed by atoms with van der Waals surface area (Å²) in [7, 11) is 0. The largest absolute Gasteiger partial charge is 0.481 e. The van der Waals surface area contributed by atoms with Gasteiger partial charge in [0.25, 0.3) is 5.91 Å². The Morgan fingerprint density at radius 2 is 1.93 bits per heavy atom. The monoisotopic (exact) mass is 404 g/mol. The van der Waals surface area contributed by atoms with Gasteiger partial charge in [0.2, 0.25) is 5.91 Å². The number of nitrogens with two attached hydrogens (primary N) is 2. The van der Waals surface area contributed by atoms with Crippen LogP contribution < -0.4 is 16.8 Å². The highest BCUT2D eigenvalue weighted by molar-refractivity contribution is 6.05. The molecule has 12 heteroatoms. The average molecular weight is 404 g/mol. The lowest BCUT2D eigenvalue weighted by Gasteiger charge is -2.31. The summed E-state index contributed by atoms with van der Waals surface area (Å²) >= 11 is 0. The van der Waals surface area contributed by atoms with E-state index in [1.807, 2.05) is 0 Å². The van der Waals surface area contributed by atoms with Gasteiger partial charge in [-0.3, -0.25) is 14.4 Å². The number of aliphatic carboxylic acids is 1. The van der Waals surface area contributed by atoms with Crippen molar-refractivity contribution in [2.45, 2.75) is 31.8 Å². The van der Waals surface area contributed by atoms with E-state index in [-0.39, 0.29) is 18.7 Å². The summed E-state index contributed by atoms with van der Waals surface area (Å²) in [5, 5.41) is 12.4. The highest BCUT2D eigenvalue weighted by Crippen LogP contribution is 2.19. The third kappa shape index (κ3) is 5.06. The molecular weight excluding hydrogens is 384 g/mol. The second-order valence-electron chi connectivity index (χ2n) is 6.22. The minimum absolute atomic E-state index is 0.0968. The Morgan fingerprint density at radius 3 is 2.41 bits per heavy atom. The number of benzene rings is 1. The Balaban J connectivity index is 2.21. The van der Waals surface area contributed by atoms with Crippen LogP contribution >= 0.6 is 0 Å².